The van der Waals surface area contributed by atoms with E-state index in [0.717, 1.165) is 0 Å². The van der Waals surface area contributed by atoms with E-state index in [4.69, 9.17) is 15.3 Å². The average molecular weight is 162 g/mol. The standard InChI is InChI=1S/C4H6O5.B.H3N/c5-2(4(8)9)1-3(6)7;;/h2,5H,1H2,(H,6,7)(H,8,9);;1H3. The van der Waals surface area contributed by atoms with E-state index in [1.165, 1.54) is 0 Å². The highest BCUT2D eigenvalue weighted by molar-refractivity contribution is 5.79. The van der Waals surface area contributed by atoms with Crippen LogP contribution >= 0.6 is 0 Å². The number of carboxylic acids is 2. The van der Waals surface area contributed by atoms with Crippen LogP contribution in [0.4, 0.5) is 0 Å². The molecule has 11 heavy (non-hydrogen) atoms. The first-order valence-electron chi connectivity index (χ1n) is 2.16. The summed E-state index contributed by atoms with van der Waals surface area (Å²) in [6, 6.07) is 0. The number of aliphatic hydroxyl groups is 1. The molecule has 6 nitrogen and oxygen atoms in total. The van der Waals surface area contributed by atoms with Crippen molar-refractivity contribution in [1.29, 1.82) is 0 Å². The van der Waals surface area contributed by atoms with Gasteiger partial charge in [-0.1, -0.05) is 0 Å². The number of aliphatic hydroxyl groups excluding tert-OH is 1. The zero-order chi connectivity index (χ0) is 7.44. The highest BCUT2D eigenvalue weighted by Crippen LogP contribution is 1.89. The Hall–Kier alpha value is -1.08. The molecule has 0 rings (SSSR count). The van der Waals surface area contributed by atoms with E-state index in [-0.39, 0.29) is 14.6 Å². The smallest absolute Gasteiger partial charge is 0.333 e. The van der Waals surface area contributed by atoms with Crippen LogP contribution in [0.2, 0.25) is 0 Å². The lowest BCUT2D eigenvalue weighted by molar-refractivity contribution is -0.152. The van der Waals surface area contributed by atoms with Crippen LogP contribution in [0.5, 0.6) is 0 Å². The second-order valence-electron chi connectivity index (χ2n) is 1.45. The average Bonchev–Trinajstić information content (AvgIpc) is 1.63. The summed E-state index contributed by atoms with van der Waals surface area (Å²) in [5, 5.41) is 24.1. The predicted octanol–water partition coefficient (Wildman–Crippen LogP) is -1.31. The first-order chi connectivity index (χ1) is 4.04. The molecule has 3 radical (unpaired) electrons. The van der Waals surface area contributed by atoms with Gasteiger partial charge in [0.25, 0.3) is 0 Å². The van der Waals surface area contributed by atoms with Crippen molar-refractivity contribution in [2.75, 3.05) is 0 Å². The number of aliphatic carboxylic acids is 2. The fourth-order valence-corrected chi connectivity index (χ4v) is 0.253. The third-order valence-corrected chi connectivity index (χ3v) is 0.653. The second-order valence-corrected chi connectivity index (χ2v) is 1.45. The molecule has 0 amide bonds. The summed E-state index contributed by atoms with van der Waals surface area (Å²) < 4.78 is 0. The lowest BCUT2D eigenvalue weighted by Gasteiger charge is -1.97. The molecule has 0 fully saturated rings. The lowest BCUT2D eigenvalue weighted by Crippen LogP contribution is -2.22. The predicted molar refractivity (Wildman–Crippen MR) is 36.7 cm³/mol. The Morgan fingerprint density at radius 1 is 1.27 bits per heavy atom. The molecule has 6 N–H and O–H groups in total. The van der Waals surface area contributed by atoms with Crippen molar-refractivity contribution in [3.63, 3.8) is 0 Å². The molecular weight excluding hydrogens is 153 g/mol. The first kappa shape index (κ1) is 16.5. The van der Waals surface area contributed by atoms with E-state index in [9.17, 15) is 9.59 Å². The Kier molecular flexibility index (Phi) is 10.5. The summed E-state index contributed by atoms with van der Waals surface area (Å²) in [5.41, 5.74) is 0. The van der Waals surface area contributed by atoms with E-state index < -0.39 is 24.5 Å². The summed E-state index contributed by atoms with van der Waals surface area (Å²) >= 11 is 0. The van der Waals surface area contributed by atoms with Gasteiger partial charge in [-0.3, -0.25) is 4.79 Å². The highest BCUT2D eigenvalue weighted by Gasteiger charge is 2.16. The van der Waals surface area contributed by atoms with E-state index in [1.807, 2.05) is 0 Å². The van der Waals surface area contributed by atoms with Crippen LogP contribution in [0.1, 0.15) is 6.42 Å². The van der Waals surface area contributed by atoms with Crippen molar-refractivity contribution in [3.05, 3.63) is 0 Å². The Morgan fingerprint density at radius 3 is 1.73 bits per heavy atom. The fraction of sp³-hybridized carbons (Fsp3) is 0.500. The number of hydrogen-bond donors (Lipinski definition) is 4. The van der Waals surface area contributed by atoms with E-state index in [0.29, 0.717) is 0 Å². The van der Waals surface area contributed by atoms with Gasteiger partial charge in [-0.2, -0.15) is 0 Å². The summed E-state index contributed by atoms with van der Waals surface area (Å²) in [7, 11) is 0. The van der Waals surface area contributed by atoms with E-state index in [2.05, 4.69) is 0 Å². The van der Waals surface area contributed by atoms with Gasteiger partial charge in [0.1, 0.15) is 0 Å². The van der Waals surface area contributed by atoms with Crippen molar-refractivity contribution in [2.24, 2.45) is 0 Å². The molecule has 1 atom stereocenters. The number of hydrogen-bond acceptors (Lipinski definition) is 4. The fourth-order valence-electron chi connectivity index (χ4n) is 0.253. The molecule has 0 spiro atoms. The van der Waals surface area contributed by atoms with Crippen LogP contribution in [0.25, 0.3) is 0 Å². The van der Waals surface area contributed by atoms with Gasteiger partial charge >= 0.3 is 11.9 Å². The minimum Gasteiger partial charge on any atom is -0.481 e. The molecule has 63 valence electrons. The minimum atomic E-state index is -1.79. The molecule has 0 aliphatic heterocycles. The van der Waals surface area contributed by atoms with Crippen LogP contribution < -0.4 is 6.15 Å². The Bertz CT molecular complexity index is 138. The molecule has 0 saturated carbocycles. The third-order valence-electron chi connectivity index (χ3n) is 0.653. The Labute approximate surface area is 65.0 Å². The SMILES string of the molecule is N.O=C(O)CC(O)C(=O)O.[B]. The maximum Gasteiger partial charge on any atom is 0.333 e. The van der Waals surface area contributed by atoms with Crippen molar-refractivity contribution < 1.29 is 24.9 Å². The second kappa shape index (κ2) is 7.04. The zero-order valence-electron chi connectivity index (χ0n) is 5.73. The minimum absolute atomic E-state index is 0. The van der Waals surface area contributed by atoms with Gasteiger partial charge in [-0.15, -0.1) is 0 Å². The van der Waals surface area contributed by atoms with Crippen molar-refractivity contribution in [3.8, 4) is 0 Å². The van der Waals surface area contributed by atoms with Crippen LogP contribution in [-0.2, 0) is 9.59 Å². The normalized spacial score (nSPS) is 10.3. The molecule has 0 heterocycles. The Balaban J connectivity index is -0.000000320. The summed E-state index contributed by atoms with van der Waals surface area (Å²) in [6.07, 6.45) is -2.54. The molecule has 0 aromatic carbocycles. The molecule has 7 heteroatoms. The molecule has 0 aliphatic rings. The number of carboxylic acid groups (broad SMARTS) is 2. The van der Waals surface area contributed by atoms with Crippen molar-refractivity contribution >= 4 is 20.4 Å². The van der Waals surface area contributed by atoms with Crippen molar-refractivity contribution in [1.82, 2.24) is 6.15 Å². The molecule has 0 aromatic rings. The van der Waals surface area contributed by atoms with Crippen LogP contribution in [0.3, 0.4) is 0 Å². The number of carbonyl (C=O) groups is 2. The molecule has 0 aromatic heterocycles. The molecule has 0 aliphatic carbocycles. The van der Waals surface area contributed by atoms with Crippen LogP contribution in [0, 0.1) is 0 Å². The summed E-state index contributed by atoms with van der Waals surface area (Å²) in [5.74, 6) is -2.85. The Morgan fingerprint density at radius 2 is 1.64 bits per heavy atom. The molecular formula is C4H9BNO5. The van der Waals surface area contributed by atoms with Gasteiger partial charge < -0.3 is 21.5 Å². The van der Waals surface area contributed by atoms with E-state index >= 15 is 0 Å². The molecule has 1 unspecified atom stereocenters. The van der Waals surface area contributed by atoms with Gasteiger partial charge in [-0.25, -0.2) is 4.79 Å². The van der Waals surface area contributed by atoms with Gasteiger partial charge in [0.15, 0.2) is 6.10 Å². The van der Waals surface area contributed by atoms with Crippen molar-refractivity contribution in [2.45, 2.75) is 12.5 Å². The topological polar surface area (TPSA) is 130 Å². The quantitative estimate of drug-likeness (QED) is 0.381. The van der Waals surface area contributed by atoms with Gasteiger partial charge in [0.05, 0.1) is 6.42 Å². The lowest BCUT2D eigenvalue weighted by atomic mass is 10.3. The maximum atomic E-state index is 9.72. The van der Waals surface area contributed by atoms with Gasteiger partial charge in [0.2, 0.25) is 0 Å². The summed E-state index contributed by atoms with van der Waals surface area (Å²) in [6.45, 7) is 0. The monoisotopic (exact) mass is 162 g/mol. The van der Waals surface area contributed by atoms with Crippen LogP contribution in [-0.4, -0.2) is 41.8 Å². The number of rotatable bonds is 3. The largest absolute Gasteiger partial charge is 0.481 e. The van der Waals surface area contributed by atoms with E-state index in [1.54, 1.807) is 0 Å². The third kappa shape index (κ3) is 8.92. The zero-order valence-corrected chi connectivity index (χ0v) is 5.73. The molecule has 0 saturated heterocycles. The maximum absolute atomic E-state index is 9.72. The van der Waals surface area contributed by atoms with Gasteiger partial charge in [-0.05, 0) is 0 Å². The highest BCUT2D eigenvalue weighted by atomic mass is 16.4. The van der Waals surface area contributed by atoms with Crippen LogP contribution in [0.15, 0.2) is 0 Å². The van der Waals surface area contributed by atoms with Gasteiger partial charge in [0, 0.05) is 8.41 Å². The first-order valence-corrected chi connectivity index (χ1v) is 2.16. The summed E-state index contributed by atoms with van der Waals surface area (Å²) in [4.78, 5) is 19.4. The molecule has 0 bridgehead atoms.